The van der Waals surface area contributed by atoms with E-state index in [4.69, 9.17) is 9.47 Å². The first-order valence-corrected chi connectivity index (χ1v) is 10.2. The zero-order valence-corrected chi connectivity index (χ0v) is 14.5. The van der Waals surface area contributed by atoms with Gasteiger partial charge in [-0.15, -0.1) is 0 Å². The largest absolute Gasteiger partial charge is 0.486 e. The van der Waals surface area contributed by atoms with Crippen LogP contribution >= 0.6 is 0 Å². The summed E-state index contributed by atoms with van der Waals surface area (Å²) in [5.41, 5.74) is 1.09. The lowest BCUT2D eigenvalue weighted by atomic mass is 10.1. The maximum absolute atomic E-state index is 11.8. The SMILES string of the molecule is CCCCN(Cc1cccc2c1OCCO2)C1CCS(=O)(=O)C1. The summed E-state index contributed by atoms with van der Waals surface area (Å²) in [6.45, 7) is 4.94. The van der Waals surface area contributed by atoms with Gasteiger partial charge in [-0.3, -0.25) is 4.90 Å². The van der Waals surface area contributed by atoms with Crippen molar-refractivity contribution in [3.05, 3.63) is 23.8 Å². The lowest BCUT2D eigenvalue weighted by molar-refractivity contribution is 0.161. The number of fused-ring (bicyclic) bond motifs is 1. The van der Waals surface area contributed by atoms with Crippen molar-refractivity contribution < 1.29 is 17.9 Å². The average Bonchev–Trinajstić information content (AvgIpc) is 2.91. The van der Waals surface area contributed by atoms with E-state index in [1.54, 1.807) is 0 Å². The van der Waals surface area contributed by atoms with Gasteiger partial charge < -0.3 is 9.47 Å². The third-order valence-corrected chi connectivity index (χ3v) is 6.30. The average molecular weight is 339 g/mol. The third kappa shape index (κ3) is 3.98. The number of hydrogen-bond acceptors (Lipinski definition) is 5. The van der Waals surface area contributed by atoms with Crippen LogP contribution < -0.4 is 9.47 Å². The lowest BCUT2D eigenvalue weighted by Crippen LogP contribution is -2.36. The van der Waals surface area contributed by atoms with Crippen LogP contribution in [0.3, 0.4) is 0 Å². The number of unbranched alkanes of at least 4 members (excludes halogenated alkanes) is 1. The Morgan fingerprint density at radius 3 is 2.83 bits per heavy atom. The minimum atomic E-state index is -2.87. The summed E-state index contributed by atoms with van der Waals surface area (Å²) in [5.74, 6) is 2.21. The molecule has 5 nitrogen and oxygen atoms in total. The van der Waals surface area contributed by atoms with E-state index in [0.29, 0.717) is 25.5 Å². The van der Waals surface area contributed by atoms with Gasteiger partial charge in [0.25, 0.3) is 0 Å². The van der Waals surface area contributed by atoms with Gasteiger partial charge in [0.15, 0.2) is 21.3 Å². The Morgan fingerprint density at radius 2 is 2.09 bits per heavy atom. The summed E-state index contributed by atoms with van der Waals surface area (Å²) >= 11 is 0. The molecule has 1 aromatic carbocycles. The molecule has 0 aromatic heterocycles. The number of hydrogen-bond donors (Lipinski definition) is 0. The second kappa shape index (κ2) is 7.09. The van der Waals surface area contributed by atoms with E-state index in [0.717, 1.165) is 42.9 Å². The third-order valence-electron chi connectivity index (χ3n) is 4.54. The van der Waals surface area contributed by atoms with Gasteiger partial charge in [0, 0.05) is 18.2 Å². The Labute approximate surface area is 138 Å². The molecule has 1 unspecified atom stereocenters. The number of nitrogens with zero attached hydrogens (tertiary/aromatic N) is 1. The predicted molar refractivity (Wildman–Crippen MR) is 89.8 cm³/mol. The van der Waals surface area contributed by atoms with Gasteiger partial charge in [-0.2, -0.15) is 0 Å². The highest BCUT2D eigenvalue weighted by atomic mass is 32.2. The minimum absolute atomic E-state index is 0.118. The molecule has 1 saturated heterocycles. The van der Waals surface area contributed by atoms with Gasteiger partial charge in [0.2, 0.25) is 0 Å². The Kier molecular flexibility index (Phi) is 5.11. The fourth-order valence-electron chi connectivity index (χ4n) is 3.29. The van der Waals surface area contributed by atoms with Crippen LogP contribution in [-0.4, -0.2) is 50.6 Å². The van der Waals surface area contributed by atoms with E-state index in [-0.39, 0.29) is 11.8 Å². The monoisotopic (exact) mass is 339 g/mol. The Hall–Kier alpha value is -1.27. The summed E-state index contributed by atoms with van der Waals surface area (Å²) in [6.07, 6.45) is 2.91. The standard InChI is InChI=1S/C17H25NO4S/c1-2-3-8-18(15-7-11-23(19,20)13-15)12-14-5-4-6-16-17(14)22-10-9-21-16/h4-6,15H,2-3,7-13H2,1H3. The molecule has 3 rings (SSSR count). The highest BCUT2D eigenvalue weighted by Gasteiger charge is 2.32. The van der Waals surface area contributed by atoms with Gasteiger partial charge >= 0.3 is 0 Å². The molecule has 2 aliphatic rings. The van der Waals surface area contributed by atoms with Crippen LogP contribution in [0.15, 0.2) is 18.2 Å². The Bertz CT molecular complexity index is 644. The molecule has 0 amide bonds. The topological polar surface area (TPSA) is 55.8 Å². The van der Waals surface area contributed by atoms with Gasteiger partial charge in [0.05, 0.1) is 11.5 Å². The van der Waals surface area contributed by atoms with Gasteiger partial charge in [-0.25, -0.2) is 8.42 Å². The minimum Gasteiger partial charge on any atom is -0.486 e. The van der Waals surface area contributed by atoms with E-state index < -0.39 is 9.84 Å². The number of para-hydroxylation sites is 1. The molecule has 128 valence electrons. The Morgan fingerprint density at radius 1 is 1.26 bits per heavy atom. The highest BCUT2D eigenvalue weighted by molar-refractivity contribution is 7.91. The molecule has 0 aliphatic carbocycles. The number of sulfone groups is 1. The van der Waals surface area contributed by atoms with Crippen LogP contribution in [0.1, 0.15) is 31.7 Å². The summed E-state index contributed by atoms with van der Waals surface area (Å²) in [5, 5.41) is 0. The maximum Gasteiger partial charge on any atom is 0.165 e. The van der Waals surface area contributed by atoms with E-state index in [9.17, 15) is 8.42 Å². The molecule has 2 aliphatic heterocycles. The summed E-state index contributed by atoms with van der Waals surface area (Å²) in [4.78, 5) is 2.31. The molecule has 2 heterocycles. The van der Waals surface area contributed by atoms with Crippen LogP contribution in [0.25, 0.3) is 0 Å². The molecule has 23 heavy (non-hydrogen) atoms. The fourth-order valence-corrected chi connectivity index (χ4v) is 5.05. The maximum atomic E-state index is 11.8. The first-order valence-electron chi connectivity index (χ1n) is 8.41. The summed E-state index contributed by atoms with van der Waals surface area (Å²) in [7, 11) is -2.87. The van der Waals surface area contributed by atoms with Crippen molar-refractivity contribution in [3.8, 4) is 11.5 Å². The molecule has 1 fully saturated rings. The smallest absolute Gasteiger partial charge is 0.165 e. The number of rotatable bonds is 6. The van der Waals surface area contributed by atoms with Gasteiger partial charge in [0.1, 0.15) is 13.2 Å². The number of benzene rings is 1. The van der Waals surface area contributed by atoms with Crippen molar-refractivity contribution in [1.82, 2.24) is 4.90 Å². The van der Waals surface area contributed by atoms with Crippen LogP contribution in [0.5, 0.6) is 11.5 Å². The molecule has 6 heteroatoms. The number of ether oxygens (including phenoxy) is 2. The Balaban J connectivity index is 1.79. The fraction of sp³-hybridized carbons (Fsp3) is 0.647. The van der Waals surface area contributed by atoms with Crippen molar-refractivity contribution in [2.45, 2.75) is 38.8 Å². The quantitative estimate of drug-likeness (QED) is 0.796. The molecule has 1 aromatic rings. The molecule has 0 radical (unpaired) electrons. The molecular weight excluding hydrogens is 314 g/mol. The summed E-state index contributed by atoms with van der Waals surface area (Å²) < 4.78 is 35.1. The van der Waals surface area contributed by atoms with Crippen molar-refractivity contribution in [2.24, 2.45) is 0 Å². The van der Waals surface area contributed by atoms with Crippen LogP contribution in [-0.2, 0) is 16.4 Å². The van der Waals surface area contributed by atoms with Crippen molar-refractivity contribution in [1.29, 1.82) is 0 Å². The molecular formula is C17H25NO4S. The van der Waals surface area contributed by atoms with Crippen molar-refractivity contribution in [3.63, 3.8) is 0 Å². The van der Waals surface area contributed by atoms with E-state index in [2.05, 4.69) is 17.9 Å². The van der Waals surface area contributed by atoms with E-state index >= 15 is 0 Å². The lowest BCUT2D eigenvalue weighted by Gasteiger charge is -2.30. The van der Waals surface area contributed by atoms with Crippen molar-refractivity contribution >= 4 is 9.84 Å². The zero-order chi connectivity index (χ0) is 16.3. The second-order valence-electron chi connectivity index (χ2n) is 6.32. The predicted octanol–water partition coefficient (Wildman–Crippen LogP) is 2.25. The first-order chi connectivity index (χ1) is 11.1. The van der Waals surface area contributed by atoms with Crippen LogP contribution in [0.2, 0.25) is 0 Å². The van der Waals surface area contributed by atoms with Crippen LogP contribution in [0.4, 0.5) is 0 Å². The van der Waals surface area contributed by atoms with Crippen molar-refractivity contribution in [2.75, 3.05) is 31.3 Å². The van der Waals surface area contributed by atoms with Gasteiger partial charge in [-0.1, -0.05) is 25.5 Å². The molecule has 0 spiro atoms. The first kappa shape index (κ1) is 16.6. The molecule has 1 atom stereocenters. The molecule has 0 N–H and O–H groups in total. The normalized spacial score (nSPS) is 22.4. The van der Waals surface area contributed by atoms with Gasteiger partial charge in [-0.05, 0) is 25.5 Å². The zero-order valence-electron chi connectivity index (χ0n) is 13.7. The van der Waals surface area contributed by atoms with Crippen LogP contribution in [0, 0.1) is 0 Å². The molecule has 0 saturated carbocycles. The molecule has 0 bridgehead atoms. The van der Waals surface area contributed by atoms with E-state index in [1.807, 2.05) is 12.1 Å². The second-order valence-corrected chi connectivity index (χ2v) is 8.55. The van der Waals surface area contributed by atoms with E-state index in [1.165, 1.54) is 0 Å². The summed E-state index contributed by atoms with van der Waals surface area (Å²) in [6, 6.07) is 6.07. The highest BCUT2D eigenvalue weighted by Crippen LogP contribution is 2.35.